The van der Waals surface area contributed by atoms with Gasteiger partial charge in [-0.1, -0.05) is 19.0 Å². The number of amidine groups is 1. The van der Waals surface area contributed by atoms with Gasteiger partial charge in [-0.3, -0.25) is 0 Å². The second-order valence-electron chi connectivity index (χ2n) is 4.08. The standard InChI is InChI=1S/C10H18N4O3S2/c1-4-10(5-2,9(11)13-15)14-19(16,17)8-6-12-7(3)18-8/h6,14-15H,4-5H2,1-3H3,(H2,11,13). The Balaban J connectivity index is 3.17. The molecule has 0 aliphatic heterocycles. The Morgan fingerprint density at radius 2 is 2.16 bits per heavy atom. The molecular weight excluding hydrogens is 288 g/mol. The molecule has 1 aromatic rings. The molecule has 0 radical (unpaired) electrons. The number of hydrogen-bond donors (Lipinski definition) is 3. The van der Waals surface area contributed by atoms with Crippen LogP contribution in [0.2, 0.25) is 0 Å². The van der Waals surface area contributed by atoms with Crippen molar-refractivity contribution < 1.29 is 13.6 Å². The summed E-state index contributed by atoms with van der Waals surface area (Å²) in [6, 6.07) is 0. The number of sulfonamides is 1. The van der Waals surface area contributed by atoms with Gasteiger partial charge in [0.05, 0.1) is 16.7 Å². The molecule has 0 unspecified atom stereocenters. The number of rotatable bonds is 6. The molecule has 0 aliphatic carbocycles. The van der Waals surface area contributed by atoms with Crippen molar-refractivity contribution in [2.24, 2.45) is 10.9 Å². The summed E-state index contributed by atoms with van der Waals surface area (Å²) in [7, 11) is -3.74. The van der Waals surface area contributed by atoms with Crippen LogP contribution in [-0.4, -0.2) is 30.0 Å². The predicted octanol–water partition coefficient (Wildman–Crippen LogP) is 1.04. The summed E-state index contributed by atoms with van der Waals surface area (Å²) < 4.78 is 27.2. The van der Waals surface area contributed by atoms with E-state index in [9.17, 15) is 8.42 Å². The van der Waals surface area contributed by atoms with Crippen molar-refractivity contribution in [2.75, 3.05) is 0 Å². The summed E-state index contributed by atoms with van der Waals surface area (Å²) >= 11 is 1.07. The van der Waals surface area contributed by atoms with Crippen LogP contribution in [0.25, 0.3) is 0 Å². The Kier molecular flexibility index (Phi) is 4.88. The van der Waals surface area contributed by atoms with Gasteiger partial charge in [0.25, 0.3) is 10.0 Å². The number of nitrogens with zero attached hydrogens (tertiary/aromatic N) is 2. The number of aryl methyl sites for hydroxylation is 1. The fourth-order valence-corrected chi connectivity index (χ4v) is 4.31. The maximum absolute atomic E-state index is 12.3. The van der Waals surface area contributed by atoms with Gasteiger partial charge < -0.3 is 10.9 Å². The first-order chi connectivity index (χ1) is 8.81. The van der Waals surface area contributed by atoms with Crippen molar-refractivity contribution in [3.8, 4) is 0 Å². The number of oxime groups is 1. The van der Waals surface area contributed by atoms with Crippen LogP contribution in [0.4, 0.5) is 0 Å². The van der Waals surface area contributed by atoms with Crippen molar-refractivity contribution in [1.29, 1.82) is 0 Å². The topological polar surface area (TPSA) is 118 Å². The summed E-state index contributed by atoms with van der Waals surface area (Å²) in [6.45, 7) is 5.25. The van der Waals surface area contributed by atoms with Crippen LogP contribution >= 0.6 is 11.3 Å². The van der Waals surface area contributed by atoms with Crippen molar-refractivity contribution >= 4 is 27.2 Å². The lowest BCUT2D eigenvalue weighted by molar-refractivity contribution is 0.307. The van der Waals surface area contributed by atoms with Crippen molar-refractivity contribution in [3.63, 3.8) is 0 Å². The van der Waals surface area contributed by atoms with E-state index in [1.165, 1.54) is 6.20 Å². The summed E-state index contributed by atoms with van der Waals surface area (Å²) in [6.07, 6.45) is 2.04. The van der Waals surface area contributed by atoms with Gasteiger partial charge in [0.1, 0.15) is 0 Å². The van der Waals surface area contributed by atoms with E-state index in [0.29, 0.717) is 17.8 Å². The molecule has 0 saturated carbocycles. The Hall–Kier alpha value is -1.19. The highest BCUT2D eigenvalue weighted by Gasteiger charge is 2.37. The zero-order chi connectivity index (χ0) is 14.7. The van der Waals surface area contributed by atoms with Crippen molar-refractivity contribution in [2.45, 2.75) is 43.4 Å². The summed E-state index contributed by atoms with van der Waals surface area (Å²) in [5, 5.41) is 12.4. The Bertz CT molecular complexity index is 561. The summed E-state index contributed by atoms with van der Waals surface area (Å²) in [5.41, 5.74) is 4.53. The maximum Gasteiger partial charge on any atom is 0.252 e. The molecule has 9 heteroatoms. The number of nitrogens with one attached hydrogen (secondary N) is 1. The third-order valence-corrected chi connectivity index (χ3v) is 5.91. The van der Waals surface area contributed by atoms with Gasteiger partial charge in [0, 0.05) is 0 Å². The van der Waals surface area contributed by atoms with E-state index in [4.69, 9.17) is 10.9 Å². The van der Waals surface area contributed by atoms with E-state index in [1.807, 2.05) is 0 Å². The first-order valence-corrected chi connectivity index (χ1v) is 8.05. The molecule has 0 atom stereocenters. The molecular formula is C10H18N4O3S2. The molecule has 0 spiro atoms. The monoisotopic (exact) mass is 306 g/mol. The van der Waals surface area contributed by atoms with Crippen molar-refractivity contribution in [3.05, 3.63) is 11.2 Å². The molecule has 108 valence electrons. The first-order valence-electron chi connectivity index (χ1n) is 5.75. The minimum atomic E-state index is -3.74. The number of nitrogens with two attached hydrogens (primary N) is 1. The van der Waals surface area contributed by atoms with Crippen LogP contribution < -0.4 is 10.5 Å². The molecule has 0 aliphatic rings. The van der Waals surface area contributed by atoms with Gasteiger partial charge in [0.2, 0.25) is 0 Å². The van der Waals surface area contributed by atoms with Crippen LogP contribution in [0.5, 0.6) is 0 Å². The minimum absolute atomic E-state index is 0.113. The minimum Gasteiger partial charge on any atom is -0.409 e. The SMILES string of the molecule is CCC(CC)(NS(=O)(=O)c1cnc(C)s1)C(N)=NO. The third-order valence-electron chi connectivity index (χ3n) is 3.00. The lowest BCUT2D eigenvalue weighted by Gasteiger charge is -2.30. The molecule has 1 heterocycles. The van der Waals surface area contributed by atoms with Crippen LogP contribution in [0.3, 0.4) is 0 Å². The lowest BCUT2D eigenvalue weighted by atomic mass is 9.93. The second-order valence-corrected chi connectivity index (χ2v) is 7.22. The maximum atomic E-state index is 12.3. The first kappa shape index (κ1) is 15.9. The van der Waals surface area contributed by atoms with Gasteiger partial charge in [-0.05, 0) is 19.8 Å². The Morgan fingerprint density at radius 3 is 2.53 bits per heavy atom. The molecule has 19 heavy (non-hydrogen) atoms. The second kappa shape index (κ2) is 5.85. The highest BCUT2D eigenvalue weighted by Crippen LogP contribution is 2.23. The van der Waals surface area contributed by atoms with Gasteiger partial charge >= 0.3 is 0 Å². The zero-order valence-electron chi connectivity index (χ0n) is 11.0. The normalized spacial score (nSPS) is 13.7. The van der Waals surface area contributed by atoms with E-state index >= 15 is 0 Å². The molecule has 0 amide bonds. The molecule has 0 saturated heterocycles. The fraction of sp³-hybridized carbons (Fsp3) is 0.600. The smallest absolute Gasteiger partial charge is 0.252 e. The van der Waals surface area contributed by atoms with Crippen LogP contribution in [0.15, 0.2) is 15.6 Å². The molecule has 0 bridgehead atoms. The predicted molar refractivity (Wildman–Crippen MR) is 73.9 cm³/mol. The van der Waals surface area contributed by atoms with Crippen LogP contribution in [0, 0.1) is 6.92 Å². The highest BCUT2D eigenvalue weighted by atomic mass is 32.2. The van der Waals surface area contributed by atoms with E-state index in [2.05, 4.69) is 14.9 Å². The molecule has 7 nitrogen and oxygen atoms in total. The van der Waals surface area contributed by atoms with E-state index in [1.54, 1.807) is 20.8 Å². The molecule has 1 aromatic heterocycles. The quantitative estimate of drug-likeness (QED) is 0.314. The lowest BCUT2D eigenvalue weighted by Crippen LogP contribution is -2.56. The largest absolute Gasteiger partial charge is 0.409 e. The van der Waals surface area contributed by atoms with Crippen LogP contribution in [0.1, 0.15) is 31.7 Å². The van der Waals surface area contributed by atoms with Gasteiger partial charge in [-0.15, -0.1) is 11.3 Å². The third kappa shape index (κ3) is 3.23. The number of thiazole rings is 1. The average molecular weight is 306 g/mol. The van der Waals surface area contributed by atoms with Crippen LogP contribution in [-0.2, 0) is 10.0 Å². The molecule has 1 rings (SSSR count). The molecule has 0 aromatic carbocycles. The summed E-state index contributed by atoms with van der Waals surface area (Å²) in [5.74, 6) is -0.151. The molecule has 0 fully saturated rings. The molecule has 4 N–H and O–H groups in total. The van der Waals surface area contributed by atoms with Gasteiger partial charge in [-0.2, -0.15) is 4.72 Å². The van der Waals surface area contributed by atoms with E-state index in [-0.39, 0.29) is 10.0 Å². The fourth-order valence-electron chi connectivity index (χ4n) is 1.68. The highest BCUT2D eigenvalue weighted by molar-refractivity contribution is 7.91. The summed E-state index contributed by atoms with van der Waals surface area (Å²) in [4.78, 5) is 3.92. The van der Waals surface area contributed by atoms with Crippen molar-refractivity contribution in [1.82, 2.24) is 9.71 Å². The number of aromatic nitrogens is 1. The van der Waals surface area contributed by atoms with E-state index < -0.39 is 15.6 Å². The van der Waals surface area contributed by atoms with Gasteiger partial charge in [-0.25, -0.2) is 13.4 Å². The average Bonchev–Trinajstić information content (AvgIpc) is 2.82. The Morgan fingerprint density at radius 1 is 1.58 bits per heavy atom. The van der Waals surface area contributed by atoms with E-state index in [0.717, 1.165) is 11.3 Å². The number of hydrogen-bond acceptors (Lipinski definition) is 6. The zero-order valence-corrected chi connectivity index (χ0v) is 12.7. The van der Waals surface area contributed by atoms with Gasteiger partial charge in [0.15, 0.2) is 10.0 Å². The Labute approximate surface area is 116 Å².